The highest BCUT2D eigenvalue weighted by Gasteiger charge is 2.42. The summed E-state index contributed by atoms with van der Waals surface area (Å²) >= 11 is 0. The van der Waals surface area contributed by atoms with Crippen LogP contribution < -0.4 is 10.6 Å². The third kappa shape index (κ3) is 2.75. The van der Waals surface area contributed by atoms with Crippen molar-refractivity contribution in [1.29, 1.82) is 0 Å². The molecule has 0 amide bonds. The minimum absolute atomic E-state index is 0.0306. The first-order chi connectivity index (χ1) is 11.0. The summed E-state index contributed by atoms with van der Waals surface area (Å²) in [6, 6.07) is 15.4. The van der Waals surface area contributed by atoms with Crippen molar-refractivity contribution in [3.63, 3.8) is 0 Å². The van der Waals surface area contributed by atoms with Gasteiger partial charge in [0.25, 0.3) is 0 Å². The molecule has 0 radical (unpaired) electrons. The zero-order chi connectivity index (χ0) is 16.5. The summed E-state index contributed by atoms with van der Waals surface area (Å²) in [5.41, 5.74) is 3.85. The molecule has 23 heavy (non-hydrogen) atoms. The van der Waals surface area contributed by atoms with Gasteiger partial charge in [0.15, 0.2) is 5.60 Å². The van der Waals surface area contributed by atoms with Crippen molar-refractivity contribution in [2.45, 2.75) is 10.5 Å². The van der Waals surface area contributed by atoms with Gasteiger partial charge in [-0.05, 0) is 23.3 Å². The molecule has 2 aromatic carbocycles. The Morgan fingerprint density at radius 1 is 1.09 bits per heavy atom. The number of hydrogen-bond donors (Lipinski definition) is 3. The summed E-state index contributed by atoms with van der Waals surface area (Å²) in [4.78, 5) is 5.64. The van der Waals surface area contributed by atoms with Crippen molar-refractivity contribution in [1.82, 2.24) is 5.48 Å². The van der Waals surface area contributed by atoms with Crippen LogP contribution in [0.1, 0.15) is 11.1 Å². The molecule has 6 nitrogen and oxygen atoms in total. The topological polar surface area (TPSA) is 102 Å². The van der Waals surface area contributed by atoms with Crippen molar-refractivity contribution in [2.75, 3.05) is 6.61 Å². The first kappa shape index (κ1) is 15.7. The molecule has 0 bridgehead atoms. The fourth-order valence-electron chi connectivity index (χ4n) is 2.63. The Morgan fingerprint density at radius 2 is 1.74 bits per heavy atom. The van der Waals surface area contributed by atoms with E-state index in [1.807, 2.05) is 30.3 Å². The number of sulfonamides is 1. The molecule has 1 unspecified atom stereocenters. The minimum Gasteiger partial charge on any atom is -0.393 e. The maximum Gasteiger partial charge on any atom is 0.238 e. The van der Waals surface area contributed by atoms with E-state index in [2.05, 4.69) is 5.48 Å². The number of hydroxylamine groups is 1. The fourth-order valence-corrected chi connectivity index (χ4v) is 3.15. The molecule has 0 fully saturated rings. The van der Waals surface area contributed by atoms with Crippen LogP contribution in [0.4, 0.5) is 0 Å². The lowest BCUT2D eigenvalue weighted by atomic mass is 9.84. The lowest BCUT2D eigenvalue weighted by Gasteiger charge is -2.29. The van der Waals surface area contributed by atoms with Gasteiger partial charge in [-0.2, -0.15) is 0 Å². The van der Waals surface area contributed by atoms with Gasteiger partial charge in [0, 0.05) is 11.8 Å². The first-order valence-electron chi connectivity index (χ1n) is 6.91. The van der Waals surface area contributed by atoms with E-state index in [-0.39, 0.29) is 11.5 Å². The van der Waals surface area contributed by atoms with Crippen LogP contribution in [-0.4, -0.2) is 20.1 Å². The second-order valence-electron chi connectivity index (χ2n) is 5.20. The quantitative estimate of drug-likeness (QED) is 0.778. The lowest BCUT2D eigenvalue weighted by Crippen LogP contribution is -2.34. The summed E-state index contributed by atoms with van der Waals surface area (Å²) in [6.45, 7) is -0.271. The van der Waals surface area contributed by atoms with Gasteiger partial charge in [-0.1, -0.05) is 42.5 Å². The van der Waals surface area contributed by atoms with Crippen molar-refractivity contribution >= 4 is 15.6 Å². The Balaban J connectivity index is 2.05. The molecular formula is C16H16N2O4S. The van der Waals surface area contributed by atoms with Crippen molar-refractivity contribution in [3.05, 3.63) is 71.9 Å². The maximum atomic E-state index is 11.4. The Hall–Kier alpha value is -2.19. The van der Waals surface area contributed by atoms with Gasteiger partial charge >= 0.3 is 0 Å². The SMILES string of the molecule is NS(=O)(=O)c1ccc(C2=CNOC2(CO)c2ccccc2)cc1. The molecule has 1 aliphatic heterocycles. The van der Waals surface area contributed by atoms with Crippen LogP contribution in [0.2, 0.25) is 0 Å². The Labute approximate surface area is 134 Å². The zero-order valence-electron chi connectivity index (χ0n) is 12.1. The molecule has 120 valence electrons. The fraction of sp³-hybridized carbons (Fsp3) is 0.125. The van der Waals surface area contributed by atoms with E-state index in [9.17, 15) is 13.5 Å². The number of aliphatic hydroxyl groups excluding tert-OH is 1. The second kappa shape index (κ2) is 5.78. The van der Waals surface area contributed by atoms with Gasteiger partial charge in [0.05, 0.1) is 11.5 Å². The molecule has 7 heteroatoms. The Kier molecular flexibility index (Phi) is 3.95. The monoisotopic (exact) mass is 332 g/mol. The number of primary sulfonamides is 1. The molecule has 0 spiro atoms. The van der Waals surface area contributed by atoms with Crippen LogP contribution in [0.15, 0.2) is 65.7 Å². The van der Waals surface area contributed by atoms with E-state index in [1.165, 1.54) is 12.1 Å². The number of rotatable bonds is 4. The number of hydrogen-bond acceptors (Lipinski definition) is 5. The third-order valence-corrected chi connectivity index (χ3v) is 4.76. The summed E-state index contributed by atoms with van der Waals surface area (Å²) in [7, 11) is -3.75. The van der Waals surface area contributed by atoms with Crippen LogP contribution in [0.25, 0.3) is 5.57 Å². The van der Waals surface area contributed by atoms with Crippen LogP contribution in [0.3, 0.4) is 0 Å². The first-order valence-corrected chi connectivity index (χ1v) is 8.46. The highest BCUT2D eigenvalue weighted by molar-refractivity contribution is 7.89. The molecule has 2 aromatic rings. The molecule has 0 saturated carbocycles. The summed E-state index contributed by atoms with van der Waals surface area (Å²) < 4.78 is 22.7. The average molecular weight is 332 g/mol. The van der Waals surface area contributed by atoms with Gasteiger partial charge < -0.3 is 5.11 Å². The van der Waals surface area contributed by atoms with Gasteiger partial charge in [-0.25, -0.2) is 13.6 Å². The summed E-state index contributed by atoms with van der Waals surface area (Å²) in [5.74, 6) is 0. The number of aliphatic hydroxyl groups is 1. The van der Waals surface area contributed by atoms with Gasteiger partial charge in [-0.15, -0.1) is 0 Å². The van der Waals surface area contributed by atoms with Crippen molar-refractivity contribution < 1.29 is 18.4 Å². The lowest BCUT2D eigenvalue weighted by molar-refractivity contribution is -0.0669. The van der Waals surface area contributed by atoms with Crippen molar-refractivity contribution in [3.8, 4) is 0 Å². The Bertz CT molecular complexity index is 832. The smallest absolute Gasteiger partial charge is 0.238 e. The molecule has 0 aliphatic carbocycles. The molecule has 0 aromatic heterocycles. The third-order valence-electron chi connectivity index (χ3n) is 3.83. The highest BCUT2D eigenvalue weighted by Crippen LogP contribution is 2.41. The van der Waals surface area contributed by atoms with Gasteiger partial charge in [-0.3, -0.25) is 10.3 Å². The van der Waals surface area contributed by atoms with Crippen molar-refractivity contribution in [2.24, 2.45) is 5.14 Å². The van der Waals surface area contributed by atoms with E-state index in [0.29, 0.717) is 5.57 Å². The zero-order valence-corrected chi connectivity index (χ0v) is 13.0. The second-order valence-corrected chi connectivity index (χ2v) is 6.76. The standard InChI is InChI=1S/C16H16N2O4S/c17-23(20,21)14-8-6-12(7-9-14)15-10-18-22-16(15,11-19)13-4-2-1-3-5-13/h1-10,18-19H,11H2,(H2,17,20,21). The van der Waals surface area contributed by atoms with E-state index in [1.54, 1.807) is 18.3 Å². The van der Waals surface area contributed by atoms with Crippen LogP contribution >= 0.6 is 0 Å². The molecule has 4 N–H and O–H groups in total. The molecule has 3 rings (SSSR count). The molecular weight excluding hydrogens is 316 g/mol. The van der Waals surface area contributed by atoms with E-state index in [0.717, 1.165) is 11.1 Å². The molecule has 1 atom stereocenters. The molecule has 1 aliphatic rings. The summed E-state index contributed by atoms with van der Waals surface area (Å²) in [5, 5.41) is 15.1. The maximum absolute atomic E-state index is 11.4. The normalized spacial score (nSPS) is 20.9. The average Bonchev–Trinajstić information content (AvgIpc) is 3.00. The van der Waals surface area contributed by atoms with Crippen LogP contribution in [0.5, 0.6) is 0 Å². The highest BCUT2D eigenvalue weighted by atomic mass is 32.2. The number of benzene rings is 2. The predicted molar refractivity (Wildman–Crippen MR) is 85.2 cm³/mol. The predicted octanol–water partition coefficient (Wildman–Crippen LogP) is 1.10. The minimum atomic E-state index is -3.75. The number of nitrogens with one attached hydrogen (secondary N) is 1. The molecule has 0 saturated heterocycles. The van der Waals surface area contributed by atoms with Crippen LogP contribution in [0, 0.1) is 0 Å². The van der Waals surface area contributed by atoms with Crippen LogP contribution in [-0.2, 0) is 20.5 Å². The largest absolute Gasteiger partial charge is 0.393 e. The van der Waals surface area contributed by atoms with E-state index in [4.69, 9.17) is 9.98 Å². The van der Waals surface area contributed by atoms with Gasteiger partial charge in [0.2, 0.25) is 10.0 Å². The number of nitrogens with two attached hydrogens (primary N) is 1. The Morgan fingerprint density at radius 3 is 2.30 bits per heavy atom. The van der Waals surface area contributed by atoms with E-state index < -0.39 is 15.6 Å². The summed E-state index contributed by atoms with van der Waals surface area (Å²) in [6.07, 6.45) is 1.65. The van der Waals surface area contributed by atoms with Gasteiger partial charge in [0.1, 0.15) is 0 Å². The van der Waals surface area contributed by atoms with E-state index >= 15 is 0 Å². The molecule has 1 heterocycles.